The number of phosphoric ester groups is 1. The van der Waals surface area contributed by atoms with Crippen molar-refractivity contribution in [2.24, 2.45) is 0 Å². The van der Waals surface area contributed by atoms with Gasteiger partial charge in [0.25, 0.3) is 0 Å². The fourth-order valence-corrected chi connectivity index (χ4v) is 2.69. The molecule has 0 rings (SSSR count). The molecule has 0 spiro atoms. The molecule has 0 radical (unpaired) electrons. The third kappa shape index (κ3) is 13.5. The van der Waals surface area contributed by atoms with Crippen LogP contribution >= 0.6 is 7.82 Å². The predicted octanol–water partition coefficient (Wildman–Crippen LogP) is 3.18. The normalized spacial score (nSPS) is 10.9. The maximum atomic E-state index is 12.5. The average molecular weight is 378 g/mol. The van der Waals surface area contributed by atoms with Crippen molar-refractivity contribution in [1.29, 1.82) is 0 Å². The smallest absolute Gasteiger partial charge is 0.460 e. The summed E-state index contributed by atoms with van der Waals surface area (Å²) in [7, 11) is -3.84. The van der Waals surface area contributed by atoms with Gasteiger partial charge in [-0.25, -0.2) is 14.2 Å². The molecule has 0 aliphatic heterocycles. The van der Waals surface area contributed by atoms with Gasteiger partial charge in [0.2, 0.25) is 0 Å². The summed E-state index contributed by atoms with van der Waals surface area (Å²) in [6.45, 7) is 8.21. The SMILES string of the molecule is C=CC(=O)OCCOP(=O)(OCCCCCC)OCCOC(=O)C=C. The number of carbonyl (C=O) groups is 2. The zero-order valence-corrected chi connectivity index (χ0v) is 15.5. The Morgan fingerprint density at radius 1 is 0.800 bits per heavy atom. The second kappa shape index (κ2) is 14.8. The van der Waals surface area contributed by atoms with Crippen LogP contribution in [0.25, 0.3) is 0 Å². The minimum absolute atomic E-state index is 0.122. The molecule has 0 bridgehead atoms. The van der Waals surface area contributed by atoms with E-state index in [9.17, 15) is 14.2 Å². The molecule has 0 aromatic heterocycles. The van der Waals surface area contributed by atoms with Gasteiger partial charge in [0.15, 0.2) is 0 Å². The van der Waals surface area contributed by atoms with Gasteiger partial charge in [0.1, 0.15) is 13.2 Å². The Bertz CT molecular complexity index is 431. The molecule has 0 unspecified atom stereocenters. The largest absolute Gasteiger partial charge is 0.475 e. The van der Waals surface area contributed by atoms with E-state index in [-0.39, 0.29) is 33.0 Å². The van der Waals surface area contributed by atoms with Crippen LogP contribution in [0, 0.1) is 0 Å². The number of hydrogen-bond acceptors (Lipinski definition) is 8. The van der Waals surface area contributed by atoms with Crippen LogP contribution in [0.1, 0.15) is 32.6 Å². The minimum Gasteiger partial charge on any atom is -0.460 e. The first-order valence-electron chi connectivity index (χ1n) is 8.09. The van der Waals surface area contributed by atoms with Crippen molar-refractivity contribution in [2.45, 2.75) is 32.6 Å². The van der Waals surface area contributed by atoms with Crippen molar-refractivity contribution in [1.82, 2.24) is 0 Å². The van der Waals surface area contributed by atoms with Crippen LogP contribution in [0.5, 0.6) is 0 Å². The molecule has 0 aromatic rings. The minimum atomic E-state index is -3.84. The molecule has 0 saturated heterocycles. The summed E-state index contributed by atoms with van der Waals surface area (Å²) in [5.41, 5.74) is 0. The highest BCUT2D eigenvalue weighted by Gasteiger charge is 2.26. The Balaban J connectivity index is 4.29. The molecule has 0 heterocycles. The molecule has 0 saturated carbocycles. The lowest BCUT2D eigenvalue weighted by Gasteiger charge is -2.18. The van der Waals surface area contributed by atoms with Gasteiger partial charge in [-0.05, 0) is 6.42 Å². The van der Waals surface area contributed by atoms with Crippen LogP contribution in [0.2, 0.25) is 0 Å². The molecular weight excluding hydrogens is 351 g/mol. The van der Waals surface area contributed by atoms with E-state index in [4.69, 9.17) is 23.0 Å². The van der Waals surface area contributed by atoms with E-state index >= 15 is 0 Å². The molecule has 144 valence electrons. The lowest BCUT2D eigenvalue weighted by molar-refractivity contribution is -0.139. The molecule has 9 heteroatoms. The van der Waals surface area contributed by atoms with E-state index in [1.807, 2.05) is 0 Å². The number of phosphoric acid groups is 1. The first-order valence-corrected chi connectivity index (χ1v) is 9.55. The van der Waals surface area contributed by atoms with Crippen LogP contribution in [0.3, 0.4) is 0 Å². The van der Waals surface area contributed by atoms with Gasteiger partial charge in [0, 0.05) is 12.2 Å². The second-order valence-corrected chi connectivity index (χ2v) is 6.42. The van der Waals surface area contributed by atoms with Crippen molar-refractivity contribution >= 4 is 19.8 Å². The van der Waals surface area contributed by atoms with Gasteiger partial charge in [-0.1, -0.05) is 39.3 Å². The summed E-state index contributed by atoms with van der Waals surface area (Å²) in [6, 6.07) is 0. The number of unbranched alkanes of at least 4 members (excludes halogenated alkanes) is 3. The molecule has 0 aliphatic rings. The standard InChI is InChI=1S/C16H27O8P/c1-4-7-8-9-10-22-25(19,23-13-11-20-15(17)5-2)24-14-12-21-16(18)6-3/h5-6H,2-4,7-14H2,1H3. The monoisotopic (exact) mass is 378 g/mol. The fourth-order valence-electron chi connectivity index (χ4n) is 1.52. The van der Waals surface area contributed by atoms with E-state index < -0.39 is 19.8 Å². The molecule has 0 atom stereocenters. The summed E-state index contributed by atoms with van der Waals surface area (Å²) in [6.07, 6.45) is 5.77. The van der Waals surface area contributed by atoms with E-state index in [0.717, 1.165) is 31.4 Å². The van der Waals surface area contributed by atoms with E-state index in [1.54, 1.807) is 0 Å². The second-order valence-electron chi connectivity index (χ2n) is 4.75. The Morgan fingerprint density at radius 2 is 1.28 bits per heavy atom. The number of rotatable bonds is 16. The fraction of sp³-hybridized carbons (Fsp3) is 0.625. The molecule has 0 aliphatic carbocycles. The van der Waals surface area contributed by atoms with Gasteiger partial charge < -0.3 is 9.47 Å². The summed E-state index contributed by atoms with van der Waals surface area (Å²) < 4.78 is 37.4. The predicted molar refractivity (Wildman–Crippen MR) is 91.9 cm³/mol. The first-order chi connectivity index (χ1) is 12.0. The third-order valence-electron chi connectivity index (χ3n) is 2.73. The van der Waals surface area contributed by atoms with Gasteiger partial charge in [-0.15, -0.1) is 0 Å². The highest BCUT2D eigenvalue weighted by atomic mass is 31.2. The summed E-state index contributed by atoms with van der Waals surface area (Å²) >= 11 is 0. The lowest BCUT2D eigenvalue weighted by Crippen LogP contribution is -2.12. The molecule has 0 amide bonds. The van der Waals surface area contributed by atoms with Crippen molar-refractivity contribution in [3.05, 3.63) is 25.3 Å². The summed E-state index contributed by atoms with van der Waals surface area (Å²) in [4.78, 5) is 21.9. The van der Waals surface area contributed by atoms with Crippen molar-refractivity contribution in [3.8, 4) is 0 Å². The van der Waals surface area contributed by atoms with E-state index in [0.29, 0.717) is 6.42 Å². The molecule has 8 nitrogen and oxygen atoms in total. The lowest BCUT2D eigenvalue weighted by atomic mass is 10.2. The van der Waals surface area contributed by atoms with Gasteiger partial charge in [0.05, 0.1) is 19.8 Å². The highest BCUT2D eigenvalue weighted by Crippen LogP contribution is 2.49. The molecular formula is C16H27O8P. The van der Waals surface area contributed by atoms with Crippen molar-refractivity contribution in [3.63, 3.8) is 0 Å². The van der Waals surface area contributed by atoms with Gasteiger partial charge in [-0.2, -0.15) is 0 Å². The molecule has 25 heavy (non-hydrogen) atoms. The van der Waals surface area contributed by atoms with Crippen LogP contribution in [0.4, 0.5) is 0 Å². The molecule has 0 fully saturated rings. The third-order valence-corrected chi connectivity index (χ3v) is 4.23. The van der Waals surface area contributed by atoms with Crippen LogP contribution in [0.15, 0.2) is 25.3 Å². The molecule has 0 aromatic carbocycles. The number of hydrogen-bond donors (Lipinski definition) is 0. The summed E-state index contributed by atoms with van der Waals surface area (Å²) in [5, 5.41) is 0. The molecule has 0 N–H and O–H groups in total. The summed E-state index contributed by atoms with van der Waals surface area (Å²) in [5.74, 6) is -1.23. The maximum absolute atomic E-state index is 12.5. The maximum Gasteiger partial charge on any atom is 0.475 e. The van der Waals surface area contributed by atoms with E-state index in [2.05, 4.69) is 20.1 Å². The van der Waals surface area contributed by atoms with Gasteiger partial charge >= 0.3 is 19.8 Å². The van der Waals surface area contributed by atoms with Crippen LogP contribution < -0.4 is 0 Å². The number of ether oxygens (including phenoxy) is 2. The highest BCUT2D eigenvalue weighted by molar-refractivity contribution is 7.48. The number of carbonyl (C=O) groups excluding carboxylic acids is 2. The zero-order chi connectivity index (χ0) is 19.0. The average Bonchev–Trinajstić information content (AvgIpc) is 2.62. The Hall–Kier alpha value is -1.47. The van der Waals surface area contributed by atoms with E-state index in [1.165, 1.54) is 0 Å². The Labute approximate surface area is 148 Å². The topological polar surface area (TPSA) is 97.4 Å². The van der Waals surface area contributed by atoms with Gasteiger partial charge in [-0.3, -0.25) is 13.6 Å². The Morgan fingerprint density at radius 3 is 1.72 bits per heavy atom. The van der Waals surface area contributed by atoms with Crippen molar-refractivity contribution in [2.75, 3.05) is 33.0 Å². The zero-order valence-electron chi connectivity index (χ0n) is 14.6. The van der Waals surface area contributed by atoms with Crippen LogP contribution in [-0.2, 0) is 37.2 Å². The Kier molecular flexibility index (Phi) is 14.0. The van der Waals surface area contributed by atoms with Crippen LogP contribution in [-0.4, -0.2) is 45.0 Å². The quantitative estimate of drug-likeness (QED) is 0.175. The number of esters is 2. The first kappa shape index (κ1) is 23.5. The van der Waals surface area contributed by atoms with Crippen molar-refractivity contribution < 1.29 is 37.2 Å².